The fraction of sp³-hybridized carbons (Fsp3) is 0.0909. The molecule has 0 spiro atoms. The highest BCUT2D eigenvalue weighted by Gasteiger charge is 2.24. The average molecular weight is 222 g/mol. The molecule has 5 heteroatoms. The number of halogens is 1. The van der Waals surface area contributed by atoms with Gasteiger partial charge in [-0.25, -0.2) is 9.18 Å². The van der Waals surface area contributed by atoms with Gasteiger partial charge in [0.25, 0.3) is 0 Å². The molecule has 1 aromatic rings. The van der Waals surface area contributed by atoms with Gasteiger partial charge < -0.3 is 9.84 Å². The van der Waals surface area contributed by atoms with E-state index in [1.807, 2.05) is 0 Å². The fourth-order valence-corrected chi connectivity index (χ4v) is 1.46. The van der Waals surface area contributed by atoms with Crippen LogP contribution in [0.15, 0.2) is 29.8 Å². The number of rotatable bonds is 1. The molecule has 0 saturated heterocycles. The lowest BCUT2D eigenvalue weighted by atomic mass is 10.00. The van der Waals surface area contributed by atoms with Crippen LogP contribution in [0, 0.1) is 5.82 Å². The van der Waals surface area contributed by atoms with Crippen molar-refractivity contribution in [1.29, 1.82) is 0 Å². The first kappa shape index (κ1) is 10.4. The first-order chi connectivity index (χ1) is 7.58. The van der Waals surface area contributed by atoms with Crippen molar-refractivity contribution in [1.82, 2.24) is 0 Å². The van der Waals surface area contributed by atoms with E-state index < -0.39 is 17.6 Å². The number of hydrogen-bond donors (Lipinski definition) is 1. The molecule has 1 N–H and O–H groups in total. The van der Waals surface area contributed by atoms with Crippen LogP contribution in [-0.2, 0) is 4.79 Å². The molecular weight excluding hydrogens is 215 g/mol. The number of Topliss-reactive ketones (excluding diaryl/α,β-unsaturated/α-hetero) is 1. The zero-order valence-corrected chi connectivity index (χ0v) is 8.07. The van der Waals surface area contributed by atoms with Crippen LogP contribution in [0.3, 0.4) is 0 Å². The standard InChI is InChI=1S/C11H7FO4/c12-7-1-2-9-8(4-7)11(15)6(5-16-9)3-10(13)14/h1-4H,5H2,(H,13,14). The molecule has 0 atom stereocenters. The highest BCUT2D eigenvalue weighted by atomic mass is 19.1. The van der Waals surface area contributed by atoms with Crippen LogP contribution in [0.5, 0.6) is 5.75 Å². The van der Waals surface area contributed by atoms with Crippen LogP contribution in [0.1, 0.15) is 10.4 Å². The van der Waals surface area contributed by atoms with E-state index in [1.54, 1.807) is 0 Å². The summed E-state index contributed by atoms with van der Waals surface area (Å²) in [5.74, 6) is -2.03. The lowest BCUT2D eigenvalue weighted by molar-refractivity contribution is -0.131. The van der Waals surface area contributed by atoms with E-state index in [4.69, 9.17) is 9.84 Å². The largest absolute Gasteiger partial charge is 0.488 e. The quantitative estimate of drug-likeness (QED) is 0.729. The molecule has 0 unspecified atom stereocenters. The average Bonchev–Trinajstić information content (AvgIpc) is 2.22. The number of carbonyl (C=O) groups excluding carboxylic acids is 1. The van der Waals surface area contributed by atoms with E-state index in [0.29, 0.717) is 0 Å². The summed E-state index contributed by atoms with van der Waals surface area (Å²) in [7, 11) is 0. The minimum atomic E-state index is -1.23. The Morgan fingerprint density at radius 3 is 2.94 bits per heavy atom. The number of hydrogen-bond acceptors (Lipinski definition) is 3. The fourth-order valence-electron chi connectivity index (χ4n) is 1.46. The first-order valence-corrected chi connectivity index (χ1v) is 4.48. The SMILES string of the molecule is O=C(O)C=C1COc2ccc(F)cc2C1=O. The third-order valence-corrected chi connectivity index (χ3v) is 2.16. The van der Waals surface area contributed by atoms with Crippen LogP contribution < -0.4 is 4.74 Å². The topological polar surface area (TPSA) is 63.6 Å². The number of ketones is 1. The monoisotopic (exact) mass is 222 g/mol. The van der Waals surface area contributed by atoms with Gasteiger partial charge in [-0.1, -0.05) is 0 Å². The molecule has 0 radical (unpaired) electrons. The number of ether oxygens (including phenoxy) is 1. The number of carbonyl (C=O) groups is 2. The van der Waals surface area contributed by atoms with Gasteiger partial charge in [-0.05, 0) is 18.2 Å². The van der Waals surface area contributed by atoms with Crippen molar-refractivity contribution < 1.29 is 23.8 Å². The molecule has 82 valence electrons. The number of carboxylic acid groups (broad SMARTS) is 1. The molecule has 2 rings (SSSR count). The second kappa shape index (κ2) is 3.77. The third kappa shape index (κ3) is 1.79. The lowest BCUT2D eigenvalue weighted by Crippen LogP contribution is -2.20. The smallest absolute Gasteiger partial charge is 0.328 e. The van der Waals surface area contributed by atoms with Crippen LogP contribution in [-0.4, -0.2) is 23.5 Å². The third-order valence-electron chi connectivity index (χ3n) is 2.16. The Morgan fingerprint density at radius 2 is 2.25 bits per heavy atom. The summed E-state index contributed by atoms with van der Waals surface area (Å²) in [5, 5.41) is 8.53. The van der Waals surface area contributed by atoms with Gasteiger partial charge in [-0.15, -0.1) is 0 Å². The maximum atomic E-state index is 12.9. The van der Waals surface area contributed by atoms with Gasteiger partial charge in [0.15, 0.2) is 5.78 Å². The molecule has 0 amide bonds. The minimum Gasteiger partial charge on any atom is -0.488 e. The van der Waals surface area contributed by atoms with Crippen molar-refractivity contribution in [2.24, 2.45) is 0 Å². The Bertz CT molecular complexity index is 505. The molecule has 1 aromatic carbocycles. The highest BCUT2D eigenvalue weighted by Crippen LogP contribution is 2.27. The molecule has 1 aliphatic rings. The van der Waals surface area contributed by atoms with E-state index in [2.05, 4.69) is 0 Å². The number of carboxylic acids is 1. The van der Waals surface area contributed by atoms with Gasteiger partial charge in [0.05, 0.1) is 5.56 Å². The zero-order chi connectivity index (χ0) is 11.7. The summed E-state index contributed by atoms with van der Waals surface area (Å²) in [4.78, 5) is 22.2. The maximum absolute atomic E-state index is 12.9. The molecule has 1 aliphatic heterocycles. The minimum absolute atomic E-state index is 0.00519. The van der Waals surface area contributed by atoms with E-state index >= 15 is 0 Å². The molecule has 4 nitrogen and oxygen atoms in total. The normalized spacial score (nSPS) is 16.8. The van der Waals surface area contributed by atoms with E-state index in [-0.39, 0.29) is 23.5 Å². The van der Waals surface area contributed by atoms with Crippen LogP contribution in [0.2, 0.25) is 0 Å². The molecule has 16 heavy (non-hydrogen) atoms. The van der Waals surface area contributed by atoms with Crippen LogP contribution >= 0.6 is 0 Å². The molecular formula is C11H7FO4. The summed E-state index contributed by atoms with van der Waals surface area (Å²) in [6.07, 6.45) is 0.774. The summed E-state index contributed by atoms with van der Waals surface area (Å²) in [6, 6.07) is 3.56. The molecule has 0 saturated carbocycles. The van der Waals surface area contributed by atoms with Gasteiger partial charge in [-0.3, -0.25) is 4.79 Å². The number of fused-ring (bicyclic) bond motifs is 1. The molecule has 0 bridgehead atoms. The highest BCUT2D eigenvalue weighted by molar-refractivity contribution is 6.13. The summed E-state index contributed by atoms with van der Waals surface area (Å²) < 4.78 is 18.1. The molecule has 0 aliphatic carbocycles. The predicted molar refractivity (Wildman–Crippen MR) is 51.9 cm³/mol. The van der Waals surface area contributed by atoms with E-state index in [0.717, 1.165) is 12.1 Å². The summed E-state index contributed by atoms with van der Waals surface area (Å²) in [6.45, 7) is -0.107. The zero-order valence-electron chi connectivity index (χ0n) is 8.07. The van der Waals surface area contributed by atoms with Gasteiger partial charge in [0, 0.05) is 11.6 Å². The Kier molecular flexibility index (Phi) is 2.44. The summed E-state index contributed by atoms with van der Waals surface area (Å²) in [5.41, 5.74) is 0.0596. The van der Waals surface area contributed by atoms with Crippen LogP contribution in [0.25, 0.3) is 0 Å². The van der Waals surface area contributed by atoms with E-state index in [9.17, 15) is 14.0 Å². The lowest BCUT2D eigenvalue weighted by Gasteiger charge is -2.18. The van der Waals surface area contributed by atoms with Crippen molar-refractivity contribution in [2.45, 2.75) is 0 Å². The van der Waals surface area contributed by atoms with Crippen molar-refractivity contribution in [3.8, 4) is 5.75 Å². The molecule has 1 heterocycles. The Labute approximate surface area is 90.0 Å². The number of aliphatic carboxylic acids is 1. The second-order valence-corrected chi connectivity index (χ2v) is 3.27. The number of benzene rings is 1. The van der Waals surface area contributed by atoms with Gasteiger partial charge >= 0.3 is 5.97 Å². The Morgan fingerprint density at radius 1 is 1.50 bits per heavy atom. The Hall–Kier alpha value is -2.17. The van der Waals surface area contributed by atoms with Crippen molar-refractivity contribution in [2.75, 3.05) is 6.61 Å². The van der Waals surface area contributed by atoms with Crippen molar-refractivity contribution >= 4 is 11.8 Å². The molecule has 0 aromatic heterocycles. The van der Waals surface area contributed by atoms with Crippen molar-refractivity contribution in [3.63, 3.8) is 0 Å². The van der Waals surface area contributed by atoms with Gasteiger partial charge in [0.2, 0.25) is 0 Å². The van der Waals surface area contributed by atoms with E-state index in [1.165, 1.54) is 12.1 Å². The Balaban J connectivity index is 2.46. The van der Waals surface area contributed by atoms with Gasteiger partial charge in [0.1, 0.15) is 18.2 Å². The maximum Gasteiger partial charge on any atom is 0.328 e. The molecule has 0 fully saturated rings. The predicted octanol–water partition coefficient (Wildman–Crippen LogP) is 1.41. The van der Waals surface area contributed by atoms with Gasteiger partial charge in [-0.2, -0.15) is 0 Å². The van der Waals surface area contributed by atoms with Crippen LogP contribution in [0.4, 0.5) is 4.39 Å². The second-order valence-electron chi connectivity index (χ2n) is 3.27. The summed E-state index contributed by atoms with van der Waals surface area (Å²) >= 11 is 0. The first-order valence-electron chi connectivity index (χ1n) is 4.48. The van der Waals surface area contributed by atoms with Crippen molar-refractivity contribution in [3.05, 3.63) is 41.2 Å².